The van der Waals surface area contributed by atoms with Crippen molar-refractivity contribution in [3.05, 3.63) is 51.7 Å². The summed E-state index contributed by atoms with van der Waals surface area (Å²) in [5, 5.41) is 3.53. The minimum atomic E-state index is -0.296. The zero-order valence-corrected chi connectivity index (χ0v) is 19.5. The van der Waals surface area contributed by atoms with E-state index in [4.69, 9.17) is 9.72 Å². The molecule has 0 spiro atoms. The Morgan fingerprint density at radius 2 is 1.97 bits per heavy atom. The molecule has 4 rings (SSSR count). The van der Waals surface area contributed by atoms with E-state index in [-0.39, 0.29) is 11.7 Å². The molecular weight excluding hydrogens is 427 g/mol. The second kappa shape index (κ2) is 10.4. The fraction of sp³-hybridized carbons (Fsp3) is 0.458. The Kier molecular flexibility index (Phi) is 7.32. The Morgan fingerprint density at radius 1 is 1.19 bits per heavy atom. The first kappa shape index (κ1) is 22.6. The molecule has 1 aromatic carbocycles. The van der Waals surface area contributed by atoms with E-state index in [0.717, 1.165) is 47.7 Å². The number of methoxy groups -OCH3 is 1. The minimum Gasteiger partial charge on any atom is -0.383 e. The van der Waals surface area contributed by atoms with Crippen LogP contribution in [0.4, 0.5) is 10.2 Å². The molecule has 0 aliphatic carbocycles. The molecule has 1 aliphatic heterocycles. The van der Waals surface area contributed by atoms with E-state index in [9.17, 15) is 9.18 Å². The van der Waals surface area contributed by atoms with Crippen molar-refractivity contribution >= 4 is 34.0 Å². The number of nitrogens with zero attached hydrogens (tertiary/aromatic N) is 4. The maximum absolute atomic E-state index is 13.9. The van der Waals surface area contributed by atoms with Gasteiger partial charge in [-0.3, -0.25) is 4.79 Å². The molecule has 1 saturated heterocycles. The van der Waals surface area contributed by atoms with Gasteiger partial charge in [0.05, 0.1) is 17.1 Å². The van der Waals surface area contributed by atoms with E-state index >= 15 is 0 Å². The van der Waals surface area contributed by atoms with E-state index in [1.165, 1.54) is 36.3 Å². The normalized spacial score (nSPS) is 14.5. The van der Waals surface area contributed by atoms with Crippen molar-refractivity contribution in [1.29, 1.82) is 0 Å². The standard InChI is InChI=1S/C24H29FN4O2S/c1-17-26-22(16-32-17)24(30)29(11-12-31-2)15-19-13-18-7-8-20(25)14-21(18)27-23(19)28-9-5-3-4-6-10-28/h7-8,13-14,16H,3-6,9-12,15H2,1-2H3. The van der Waals surface area contributed by atoms with Crippen molar-refractivity contribution in [2.75, 3.05) is 38.3 Å². The van der Waals surface area contributed by atoms with Gasteiger partial charge in [-0.25, -0.2) is 14.4 Å². The fourth-order valence-corrected chi connectivity index (χ4v) is 4.72. The van der Waals surface area contributed by atoms with Gasteiger partial charge in [0.25, 0.3) is 5.91 Å². The summed E-state index contributed by atoms with van der Waals surface area (Å²) in [6.45, 7) is 5.00. The topological polar surface area (TPSA) is 58.6 Å². The second-order valence-corrected chi connectivity index (χ2v) is 9.24. The van der Waals surface area contributed by atoms with Crippen molar-refractivity contribution in [2.24, 2.45) is 0 Å². The van der Waals surface area contributed by atoms with E-state index in [2.05, 4.69) is 9.88 Å². The van der Waals surface area contributed by atoms with Crippen LogP contribution in [0.5, 0.6) is 0 Å². The van der Waals surface area contributed by atoms with Gasteiger partial charge >= 0.3 is 0 Å². The number of hydrogen-bond acceptors (Lipinski definition) is 6. The molecule has 0 unspecified atom stereocenters. The van der Waals surface area contributed by atoms with Crippen LogP contribution in [0.15, 0.2) is 29.6 Å². The van der Waals surface area contributed by atoms with Crippen LogP contribution in [-0.2, 0) is 11.3 Å². The van der Waals surface area contributed by atoms with Gasteiger partial charge in [-0.15, -0.1) is 11.3 Å². The Bertz CT molecular complexity index is 1080. The predicted octanol–water partition coefficient (Wildman–Crippen LogP) is 4.81. The van der Waals surface area contributed by atoms with Crippen molar-refractivity contribution in [3.63, 3.8) is 0 Å². The lowest BCUT2D eigenvalue weighted by molar-refractivity contribution is 0.0675. The number of rotatable bonds is 7. The molecule has 3 aromatic rings. The zero-order valence-electron chi connectivity index (χ0n) is 18.6. The summed E-state index contributed by atoms with van der Waals surface area (Å²) in [5.41, 5.74) is 2.05. The molecule has 32 heavy (non-hydrogen) atoms. The largest absolute Gasteiger partial charge is 0.383 e. The van der Waals surface area contributed by atoms with Gasteiger partial charge in [-0.2, -0.15) is 0 Å². The van der Waals surface area contributed by atoms with E-state index in [0.29, 0.717) is 30.9 Å². The van der Waals surface area contributed by atoms with Gasteiger partial charge in [0.15, 0.2) is 0 Å². The maximum Gasteiger partial charge on any atom is 0.273 e. The number of pyridine rings is 1. The molecule has 6 nitrogen and oxygen atoms in total. The van der Waals surface area contributed by atoms with Crippen LogP contribution in [0.25, 0.3) is 10.9 Å². The lowest BCUT2D eigenvalue weighted by Crippen LogP contribution is -2.35. The summed E-state index contributed by atoms with van der Waals surface area (Å²) in [6.07, 6.45) is 4.62. The molecular formula is C24H29FN4O2S. The van der Waals surface area contributed by atoms with Crippen LogP contribution in [0.3, 0.4) is 0 Å². The smallest absolute Gasteiger partial charge is 0.273 e. The average molecular weight is 457 g/mol. The molecule has 0 N–H and O–H groups in total. The Hall–Kier alpha value is -2.58. The quantitative estimate of drug-likeness (QED) is 0.511. The molecule has 170 valence electrons. The van der Waals surface area contributed by atoms with Crippen LogP contribution < -0.4 is 4.90 Å². The summed E-state index contributed by atoms with van der Waals surface area (Å²) >= 11 is 1.47. The number of aryl methyl sites for hydroxylation is 1. The molecule has 0 radical (unpaired) electrons. The number of thiazole rings is 1. The van der Waals surface area contributed by atoms with Gasteiger partial charge in [0, 0.05) is 55.7 Å². The number of benzene rings is 1. The summed E-state index contributed by atoms with van der Waals surface area (Å²) in [5.74, 6) is 0.428. The number of ether oxygens (including phenoxy) is 1. The first-order chi connectivity index (χ1) is 15.5. The highest BCUT2D eigenvalue weighted by Gasteiger charge is 2.23. The highest BCUT2D eigenvalue weighted by Crippen LogP contribution is 2.28. The third-order valence-corrected chi connectivity index (χ3v) is 6.57. The average Bonchev–Trinajstić information content (AvgIpc) is 3.05. The molecule has 3 heterocycles. The third kappa shape index (κ3) is 5.24. The number of aromatic nitrogens is 2. The van der Waals surface area contributed by atoms with Gasteiger partial charge in [0.2, 0.25) is 0 Å². The summed E-state index contributed by atoms with van der Waals surface area (Å²) in [4.78, 5) is 26.6. The zero-order chi connectivity index (χ0) is 22.5. The summed E-state index contributed by atoms with van der Waals surface area (Å²) in [6, 6.07) is 6.72. The number of amides is 1. The molecule has 2 aromatic heterocycles. The molecule has 0 atom stereocenters. The Morgan fingerprint density at radius 3 is 2.66 bits per heavy atom. The van der Waals surface area contributed by atoms with Crippen LogP contribution in [-0.4, -0.2) is 54.1 Å². The van der Waals surface area contributed by atoms with Crippen LogP contribution in [0.2, 0.25) is 0 Å². The van der Waals surface area contributed by atoms with E-state index < -0.39 is 0 Å². The number of hydrogen-bond donors (Lipinski definition) is 0. The first-order valence-electron chi connectivity index (χ1n) is 11.1. The van der Waals surface area contributed by atoms with Crippen molar-refractivity contribution in [2.45, 2.75) is 39.2 Å². The first-order valence-corrected chi connectivity index (χ1v) is 12.0. The molecule has 8 heteroatoms. The summed E-state index contributed by atoms with van der Waals surface area (Å²) in [7, 11) is 1.63. The van der Waals surface area contributed by atoms with Crippen LogP contribution in [0, 0.1) is 12.7 Å². The lowest BCUT2D eigenvalue weighted by atomic mass is 10.1. The van der Waals surface area contributed by atoms with Gasteiger partial charge < -0.3 is 14.5 Å². The SMILES string of the molecule is COCCN(Cc1cc2ccc(F)cc2nc1N1CCCCCC1)C(=O)c1csc(C)n1. The van der Waals surface area contributed by atoms with Crippen LogP contribution >= 0.6 is 11.3 Å². The monoisotopic (exact) mass is 456 g/mol. The Balaban J connectivity index is 1.72. The van der Waals surface area contributed by atoms with Gasteiger partial charge in [-0.1, -0.05) is 12.8 Å². The fourth-order valence-electron chi connectivity index (χ4n) is 4.13. The molecule has 1 amide bonds. The molecule has 1 aliphatic rings. The van der Waals surface area contributed by atoms with Crippen molar-refractivity contribution in [1.82, 2.24) is 14.9 Å². The minimum absolute atomic E-state index is 0.118. The predicted molar refractivity (Wildman–Crippen MR) is 126 cm³/mol. The van der Waals surface area contributed by atoms with Crippen molar-refractivity contribution in [3.8, 4) is 0 Å². The maximum atomic E-state index is 13.9. The highest BCUT2D eigenvalue weighted by atomic mass is 32.1. The van der Waals surface area contributed by atoms with E-state index in [1.807, 2.05) is 13.0 Å². The third-order valence-electron chi connectivity index (χ3n) is 5.79. The Labute approximate surface area is 192 Å². The molecule has 0 bridgehead atoms. The molecule has 0 saturated carbocycles. The number of halogens is 1. The van der Waals surface area contributed by atoms with Crippen LogP contribution in [0.1, 0.15) is 46.7 Å². The number of carbonyl (C=O) groups is 1. The highest BCUT2D eigenvalue weighted by molar-refractivity contribution is 7.09. The number of fused-ring (bicyclic) bond motifs is 1. The number of carbonyl (C=O) groups excluding carboxylic acids is 1. The molecule has 1 fully saturated rings. The second-order valence-electron chi connectivity index (χ2n) is 8.18. The van der Waals surface area contributed by atoms with E-state index in [1.54, 1.807) is 23.5 Å². The van der Waals surface area contributed by atoms with Gasteiger partial charge in [-0.05, 0) is 38.0 Å². The van der Waals surface area contributed by atoms with Crippen molar-refractivity contribution < 1.29 is 13.9 Å². The van der Waals surface area contributed by atoms with Gasteiger partial charge in [0.1, 0.15) is 17.3 Å². The lowest BCUT2D eigenvalue weighted by Gasteiger charge is -2.28. The summed E-state index contributed by atoms with van der Waals surface area (Å²) < 4.78 is 19.2. The number of anilines is 1.